The Morgan fingerprint density at radius 3 is 2.85 bits per heavy atom. The number of carbonyl (C=O) groups excluding carboxylic acids is 1. The van der Waals surface area contributed by atoms with Gasteiger partial charge in [-0.1, -0.05) is 25.8 Å². The highest BCUT2D eigenvalue weighted by atomic mass is 79.9. The van der Waals surface area contributed by atoms with Crippen molar-refractivity contribution >= 4 is 27.5 Å². The van der Waals surface area contributed by atoms with Gasteiger partial charge < -0.3 is 16.8 Å². The Hall–Kier alpha value is -1.07. The molecule has 2 unspecified atom stereocenters. The summed E-state index contributed by atoms with van der Waals surface area (Å²) < 4.78 is 0.714. The van der Waals surface area contributed by atoms with Crippen molar-refractivity contribution in [3.05, 3.63) is 28.2 Å². The molecule has 5 N–H and O–H groups in total. The zero-order chi connectivity index (χ0) is 14.8. The second kappa shape index (κ2) is 6.14. The van der Waals surface area contributed by atoms with Crippen LogP contribution < -0.4 is 16.8 Å². The number of anilines is 1. The molecule has 0 spiro atoms. The molecule has 2 rings (SSSR count). The standard InChI is InChI=1S/C15H22BrN3O/c1-10-5-2-3-8-15(10,9-17)19-12-7-4-6-11(16)13(12)14(18)20/h4,6-7,10,19H,2-3,5,8-9,17H2,1H3,(H2,18,20). The predicted molar refractivity (Wildman–Crippen MR) is 85.7 cm³/mol. The van der Waals surface area contributed by atoms with Crippen LogP contribution in [0.2, 0.25) is 0 Å². The number of carbonyl (C=O) groups is 1. The normalized spacial score (nSPS) is 26.2. The van der Waals surface area contributed by atoms with Gasteiger partial charge in [-0.3, -0.25) is 4.79 Å². The first-order chi connectivity index (χ1) is 9.50. The second-order valence-corrected chi connectivity index (χ2v) is 6.51. The molecule has 2 atom stereocenters. The van der Waals surface area contributed by atoms with Crippen molar-refractivity contribution in [3.63, 3.8) is 0 Å². The highest BCUT2D eigenvalue weighted by Gasteiger charge is 2.37. The van der Waals surface area contributed by atoms with Crippen LogP contribution in [0.15, 0.2) is 22.7 Å². The summed E-state index contributed by atoms with van der Waals surface area (Å²) in [4.78, 5) is 11.7. The van der Waals surface area contributed by atoms with Crippen molar-refractivity contribution in [1.82, 2.24) is 0 Å². The maximum absolute atomic E-state index is 11.7. The fourth-order valence-electron chi connectivity index (χ4n) is 3.10. The maximum Gasteiger partial charge on any atom is 0.251 e. The Balaban J connectivity index is 2.37. The van der Waals surface area contributed by atoms with Gasteiger partial charge in [0.15, 0.2) is 0 Å². The van der Waals surface area contributed by atoms with E-state index in [1.807, 2.05) is 18.2 Å². The maximum atomic E-state index is 11.7. The summed E-state index contributed by atoms with van der Waals surface area (Å²) in [6.45, 7) is 2.78. The highest BCUT2D eigenvalue weighted by Crippen LogP contribution is 2.37. The van der Waals surface area contributed by atoms with Crippen LogP contribution in [0.25, 0.3) is 0 Å². The fraction of sp³-hybridized carbons (Fsp3) is 0.533. The van der Waals surface area contributed by atoms with Gasteiger partial charge in [-0.2, -0.15) is 0 Å². The Morgan fingerprint density at radius 2 is 2.25 bits per heavy atom. The minimum absolute atomic E-state index is 0.150. The van der Waals surface area contributed by atoms with Gasteiger partial charge in [-0.15, -0.1) is 0 Å². The van der Waals surface area contributed by atoms with Crippen molar-refractivity contribution in [3.8, 4) is 0 Å². The number of benzene rings is 1. The third kappa shape index (κ3) is 2.83. The quantitative estimate of drug-likeness (QED) is 0.788. The molecule has 0 heterocycles. The molecule has 1 aromatic carbocycles. The topological polar surface area (TPSA) is 81.1 Å². The number of hydrogen-bond acceptors (Lipinski definition) is 3. The number of primary amides is 1. The Bertz CT molecular complexity index is 506. The van der Waals surface area contributed by atoms with Gasteiger partial charge in [0, 0.05) is 16.7 Å². The van der Waals surface area contributed by atoms with E-state index in [1.54, 1.807) is 0 Å². The summed E-state index contributed by atoms with van der Waals surface area (Å²) in [5, 5.41) is 3.53. The van der Waals surface area contributed by atoms with Crippen molar-refractivity contribution in [2.24, 2.45) is 17.4 Å². The number of nitrogens with two attached hydrogens (primary N) is 2. The number of nitrogens with one attached hydrogen (secondary N) is 1. The van der Waals surface area contributed by atoms with Crippen LogP contribution in [0.4, 0.5) is 5.69 Å². The molecule has 110 valence electrons. The van der Waals surface area contributed by atoms with E-state index in [4.69, 9.17) is 11.5 Å². The largest absolute Gasteiger partial charge is 0.377 e. The molecule has 0 saturated heterocycles. The summed E-state index contributed by atoms with van der Waals surface area (Å²) in [7, 11) is 0. The van der Waals surface area contributed by atoms with Gasteiger partial charge in [0.25, 0.3) is 5.91 Å². The van der Waals surface area contributed by atoms with Crippen LogP contribution in [0, 0.1) is 5.92 Å². The molecule has 1 saturated carbocycles. The second-order valence-electron chi connectivity index (χ2n) is 5.66. The third-order valence-corrected chi connectivity index (χ3v) is 5.12. The predicted octanol–water partition coefficient (Wildman–Crippen LogP) is 2.87. The van der Waals surface area contributed by atoms with Gasteiger partial charge in [0.05, 0.1) is 11.1 Å². The molecule has 0 radical (unpaired) electrons. The van der Waals surface area contributed by atoms with Gasteiger partial charge >= 0.3 is 0 Å². The van der Waals surface area contributed by atoms with Crippen LogP contribution in [0.1, 0.15) is 43.0 Å². The van der Waals surface area contributed by atoms with E-state index < -0.39 is 5.91 Å². The van der Waals surface area contributed by atoms with Crippen LogP contribution >= 0.6 is 15.9 Å². The summed E-state index contributed by atoms with van der Waals surface area (Å²) >= 11 is 3.40. The van der Waals surface area contributed by atoms with Crippen LogP contribution in [0.3, 0.4) is 0 Å². The van der Waals surface area contributed by atoms with E-state index in [1.165, 1.54) is 6.42 Å². The molecular weight excluding hydrogens is 318 g/mol. The average Bonchev–Trinajstić information content (AvgIpc) is 2.41. The summed E-state index contributed by atoms with van der Waals surface area (Å²) in [5.41, 5.74) is 12.7. The summed E-state index contributed by atoms with van der Waals surface area (Å²) in [6, 6.07) is 5.62. The molecular formula is C15H22BrN3O. The first-order valence-corrected chi connectivity index (χ1v) is 7.86. The van der Waals surface area contributed by atoms with Crippen LogP contribution in [0.5, 0.6) is 0 Å². The first-order valence-electron chi connectivity index (χ1n) is 7.07. The molecule has 1 aliphatic rings. The number of rotatable bonds is 4. The lowest BCUT2D eigenvalue weighted by Crippen LogP contribution is -2.52. The van der Waals surface area contributed by atoms with Crippen LogP contribution in [-0.4, -0.2) is 18.0 Å². The molecule has 1 aliphatic carbocycles. The first kappa shape index (κ1) is 15.3. The summed E-state index contributed by atoms with van der Waals surface area (Å²) in [6.07, 6.45) is 4.58. The number of halogens is 1. The van der Waals surface area contributed by atoms with Gasteiger partial charge in [-0.25, -0.2) is 0 Å². The van der Waals surface area contributed by atoms with Crippen molar-refractivity contribution in [2.75, 3.05) is 11.9 Å². The lowest BCUT2D eigenvalue weighted by atomic mass is 9.73. The summed E-state index contributed by atoms with van der Waals surface area (Å²) in [5.74, 6) is 0.0385. The van der Waals surface area contributed by atoms with Gasteiger partial charge in [0.1, 0.15) is 0 Å². The van der Waals surface area contributed by atoms with E-state index in [0.717, 1.165) is 24.9 Å². The zero-order valence-electron chi connectivity index (χ0n) is 11.8. The van der Waals surface area contributed by atoms with Crippen LogP contribution in [-0.2, 0) is 0 Å². The molecule has 0 bridgehead atoms. The minimum atomic E-state index is -0.435. The molecule has 1 fully saturated rings. The minimum Gasteiger partial charge on any atom is -0.377 e. The molecule has 0 aromatic heterocycles. The molecule has 5 heteroatoms. The van der Waals surface area contributed by atoms with Crippen molar-refractivity contribution < 1.29 is 4.79 Å². The molecule has 20 heavy (non-hydrogen) atoms. The Morgan fingerprint density at radius 1 is 1.50 bits per heavy atom. The monoisotopic (exact) mass is 339 g/mol. The van der Waals surface area contributed by atoms with E-state index in [2.05, 4.69) is 28.2 Å². The van der Waals surface area contributed by atoms with E-state index in [-0.39, 0.29) is 5.54 Å². The van der Waals surface area contributed by atoms with Gasteiger partial charge in [-0.05, 0) is 46.8 Å². The lowest BCUT2D eigenvalue weighted by Gasteiger charge is -2.43. The highest BCUT2D eigenvalue weighted by molar-refractivity contribution is 9.10. The van der Waals surface area contributed by atoms with Gasteiger partial charge in [0.2, 0.25) is 0 Å². The van der Waals surface area contributed by atoms with E-state index in [0.29, 0.717) is 22.5 Å². The Kier molecular flexibility index (Phi) is 4.70. The lowest BCUT2D eigenvalue weighted by molar-refractivity contribution is 0.1000. The molecule has 1 aromatic rings. The molecule has 1 amide bonds. The number of hydrogen-bond donors (Lipinski definition) is 3. The smallest absolute Gasteiger partial charge is 0.251 e. The van der Waals surface area contributed by atoms with Crippen molar-refractivity contribution in [2.45, 2.75) is 38.1 Å². The van der Waals surface area contributed by atoms with E-state index >= 15 is 0 Å². The number of amides is 1. The van der Waals surface area contributed by atoms with Crippen molar-refractivity contribution in [1.29, 1.82) is 0 Å². The molecule has 0 aliphatic heterocycles. The molecule has 4 nitrogen and oxygen atoms in total. The fourth-order valence-corrected chi connectivity index (χ4v) is 3.66. The third-order valence-electron chi connectivity index (χ3n) is 4.46. The van der Waals surface area contributed by atoms with E-state index in [9.17, 15) is 4.79 Å². The Labute approximate surface area is 128 Å². The SMILES string of the molecule is CC1CCCCC1(CN)Nc1cccc(Br)c1C(N)=O. The average molecular weight is 340 g/mol. The zero-order valence-corrected chi connectivity index (χ0v) is 13.4.